The van der Waals surface area contributed by atoms with Crippen molar-refractivity contribution in [3.63, 3.8) is 0 Å². The second kappa shape index (κ2) is 13.1. The van der Waals surface area contributed by atoms with E-state index >= 15 is 0 Å². The van der Waals surface area contributed by atoms with Crippen molar-refractivity contribution in [1.29, 1.82) is 0 Å². The third-order valence-corrected chi connectivity index (χ3v) is 10.8. The number of rotatable bonds is 6. The Morgan fingerprint density at radius 2 is 0.804 bits per heavy atom. The van der Waals surface area contributed by atoms with Gasteiger partial charge in [-0.1, -0.05) is 158 Å². The summed E-state index contributed by atoms with van der Waals surface area (Å²) in [5, 5.41) is 4.31. The number of hydrogen-bond acceptors (Lipinski definition) is 4. The fraction of sp³-hybridized carbons (Fsp3) is 0. The van der Waals surface area contributed by atoms with Crippen LogP contribution in [-0.2, 0) is 0 Å². The normalized spacial score (nSPS) is 11.6. The Morgan fingerprint density at radius 1 is 0.304 bits per heavy atom. The summed E-state index contributed by atoms with van der Waals surface area (Å²) in [5.41, 5.74) is 14.7. The molecule has 0 aliphatic carbocycles. The molecular formula is C52H32N2O2. The number of furan rings is 2. The molecule has 0 amide bonds. The van der Waals surface area contributed by atoms with Crippen molar-refractivity contribution in [3.8, 4) is 67.3 Å². The fourth-order valence-electron chi connectivity index (χ4n) is 7.93. The van der Waals surface area contributed by atoms with Gasteiger partial charge in [-0.3, -0.25) is 0 Å². The predicted octanol–water partition coefficient (Wildman–Crippen LogP) is 14.3. The summed E-state index contributed by atoms with van der Waals surface area (Å²) in [5.74, 6) is 0.649. The maximum atomic E-state index is 6.74. The van der Waals surface area contributed by atoms with E-state index in [0.29, 0.717) is 5.82 Å². The summed E-state index contributed by atoms with van der Waals surface area (Å²) in [7, 11) is 0. The first-order valence-electron chi connectivity index (χ1n) is 18.8. The zero-order chi connectivity index (χ0) is 37.0. The molecule has 0 aliphatic rings. The molecule has 4 nitrogen and oxygen atoms in total. The first kappa shape index (κ1) is 31.9. The van der Waals surface area contributed by atoms with Crippen molar-refractivity contribution in [2.45, 2.75) is 0 Å². The Morgan fingerprint density at radius 3 is 1.50 bits per heavy atom. The molecule has 3 heterocycles. The van der Waals surface area contributed by atoms with Crippen molar-refractivity contribution in [3.05, 3.63) is 194 Å². The molecule has 56 heavy (non-hydrogen) atoms. The van der Waals surface area contributed by atoms with Crippen molar-refractivity contribution >= 4 is 43.9 Å². The first-order valence-corrected chi connectivity index (χ1v) is 18.8. The van der Waals surface area contributed by atoms with Crippen LogP contribution < -0.4 is 0 Å². The molecule has 11 rings (SSSR count). The second-order valence-electron chi connectivity index (χ2n) is 14.1. The number of nitrogens with zero attached hydrogens (tertiary/aromatic N) is 2. The van der Waals surface area contributed by atoms with Gasteiger partial charge in [-0.15, -0.1) is 0 Å². The molecule has 4 heteroatoms. The molecule has 0 aliphatic heterocycles. The lowest BCUT2D eigenvalue weighted by molar-refractivity contribution is 0.668. The van der Waals surface area contributed by atoms with Crippen LogP contribution in [-0.4, -0.2) is 9.97 Å². The lowest BCUT2D eigenvalue weighted by atomic mass is 9.95. The average Bonchev–Trinajstić information content (AvgIpc) is 3.85. The van der Waals surface area contributed by atoms with Crippen molar-refractivity contribution < 1.29 is 8.83 Å². The largest absolute Gasteiger partial charge is 0.456 e. The summed E-state index contributed by atoms with van der Waals surface area (Å²) >= 11 is 0. The SMILES string of the molecule is c1ccc(-c2ccc(-c3ccc(-c4nc(-c5ccccc5)cc(-c5ccc(-c6ccc7c(c6)oc6ccccc67)c6c5oc5ccccc56)n4)cc3)cc2)cc1. The lowest BCUT2D eigenvalue weighted by Crippen LogP contribution is -1.96. The minimum atomic E-state index is 0.649. The van der Waals surface area contributed by atoms with Crippen LogP contribution in [0.4, 0.5) is 0 Å². The van der Waals surface area contributed by atoms with Gasteiger partial charge in [0.25, 0.3) is 0 Å². The lowest BCUT2D eigenvalue weighted by Gasteiger charge is -2.12. The van der Waals surface area contributed by atoms with Gasteiger partial charge in [0, 0.05) is 38.2 Å². The van der Waals surface area contributed by atoms with Gasteiger partial charge in [-0.2, -0.15) is 0 Å². The smallest absolute Gasteiger partial charge is 0.160 e. The third kappa shape index (κ3) is 5.47. The van der Waals surface area contributed by atoms with Crippen molar-refractivity contribution in [2.75, 3.05) is 0 Å². The van der Waals surface area contributed by atoms with Crippen LogP contribution in [0, 0.1) is 0 Å². The Balaban J connectivity index is 1.04. The highest BCUT2D eigenvalue weighted by atomic mass is 16.3. The average molecular weight is 717 g/mol. The van der Waals surface area contributed by atoms with Crippen LogP contribution in [0.3, 0.4) is 0 Å². The highest BCUT2D eigenvalue weighted by molar-refractivity contribution is 6.17. The van der Waals surface area contributed by atoms with Gasteiger partial charge in [-0.25, -0.2) is 9.97 Å². The molecule has 0 radical (unpaired) electrons. The topological polar surface area (TPSA) is 52.1 Å². The Bertz CT molecular complexity index is 3220. The molecule has 0 saturated heterocycles. The highest BCUT2D eigenvalue weighted by Gasteiger charge is 2.20. The van der Waals surface area contributed by atoms with E-state index < -0.39 is 0 Å². The maximum Gasteiger partial charge on any atom is 0.160 e. The molecule has 262 valence electrons. The second-order valence-corrected chi connectivity index (χ2v) is 14.1. The molecule has 8 aromatic carbocycles. The highest BCUT2D eigenvalue weighted by Crippen LogP contribution is 2.43. The minimum absolute atomic E-state index is 0.649. The van der Waals surface area contributed by atoms with Crippen LogP contribution in [0.1, 0.15) is 0 Å². The minimum Gasteiger partial charge on any atom is -0.456 e. The number of hydrogen-bond donors (Lipinski definition) is 0. The van der Waals surface area contributed by atoms with Crippen molar-refractivity contribution in [2.24, 2.45) is 0 Å². The molecule has 0 bridgehead atoms. The van der Waals surface area contributed by atoms with Gasteiger partial charge in [0.2, 0.25) is 0 Å². The van der Waals surface area contributed by atoms with Crippen LogP contribution in [0.25, 0.3) is 111 Å². The molecule has 0 fully saturated rings. The van der Waals surface area contributed by atoms with Crippen molar-refractivity contribution in [1.82, 2.24) is 9.97 Å². The fourth-order valence-corrected chi connectivity index (χ4v) is 7.93. The van der Waals surface area contributed by atoms with E-state index in [4.69, 9.17) is 18.8 Å². The van der Waals surface area contributed by atoms with Gasteiger partial charge in [0.05, 0.1) is 11.4 Å². The Hall–Kier alpha value is -7.56. The molecule has 0 N–H and O–H groups in total. The molecule has 0 saturated carbocycles. The van der Waals surface area contributed by atoms with E-state index in [1.165, 1.54) is 11.1 Å². The van der Waals surface area contributed by atoms with Gasteiger partial charge in [0.1, 0.15) is 22.3 Å². The Kier molecular flexibility index (Phi) is 7.46. The predicted molar refractivity (Wildman–Crippen MR) is 229 cm³/mol. The van der Waals surface area contributed by atoms with E-state index in [1.54, 1.807) is 0 Å². The maximum absolute atomic E-state index is 6.74. The van der Waals surface area contributed by atoms with E-state index in [0.717, 1.165) is 94.2 Å². The van der Waals surface area contributed by atoms with E-state index in [-0.39, 0.29) is 0 Å². The zero-order valence-electron chi connectivity index (χ0n) is 30.2. The summed E-state index contributed by atoms with van der Waals surface area (Å²) in [6, 6.07) is 67.3. The molecule has 0 atom stereocenters. The Labute approximate surface area is 323 Å². The van der Waals surface area contributed by atoms with Crippen LogP contribution in [0.2, 0.25) is 0 Å². The third-order valence-electron chi connectivity index (χ3n) is 10.8. The molecule has 11 aromatic rings. The number of benzene rings is 8. The van der Waals surface area contributed by atoms with E-state index in [2.05, 4.69) is 140 Å². The van der Waals surface area contributed by atoms with Gasteiger partial charge in [0.15, 0.2) is 5.82 Å². The summed E-state index contributed by atoms with van der Waals surface area (Å²) in [4.78, 5) is 10.4. The van der Waals surface area contributed by atoms with Crippen LogP contribution in [0.5, 0.6) is 0 Å². The number of aromatic nitrogens is 2. The van der Waals surface area contributed by atoms with Crippen LogP contribution in [0.15, 0.2) is 203 Å². The first-order chi connectivity index (χ1) is 27.7. The standard InChI is InChI=1S/C52H32N2O2/c1-3-11-33(12-4-1)34-19-21-35(22-20-34)36-23-25-38(26-24-36)52-53-45(37-13-5-2-6-14-37)32-46(54-52)43-30-29-40(50-44-16-8-10-18-48(44)56-51(43)50)39-27-28-42-41-15-7-9-17-47(41)55-49(42)31-39/h1-32H. The van der Waals surface area contributed by atoms with Gasteiger partial charge >= 0.3 is 0 Å². The zero-order valence-corrected chi connectivity index (χ0v) is 30.2. The van der Waals surface area contributed by atoms with Gasteiger partial charge in [-0.05, 0) is 69.8 Å². The van der Waals surface area contributed by atoms with E-state index in [1.807, 2.05) is 54.6 Å². The summed E-state index contributed by atoms with van der Waals surface area (Å²) in [6.45, 7) is 0. The monoisotopic (exact) mass is 716 g/mol. The molecular weight excluding hydrogens is 685 g/mol. The number of fused-ring (bicyclic) bond motifs is 6. The molecule has 3 aromatic heterocycles. The quantitative estimate of drug-likeness (QED) is 0.172. The summed E-state index contributed by atoms with van der Waals surface area (Å²) < 4.78 is 13.1. The molecule has 0 spiro atoms. The number of para-hydroxylation sites is 2. The summed E-state index contributed by atoms with van der Waals surface area (Å²) in [6.07, 6.45) is 0. The van der Waals surface area contributed by atoms with E-state index in [9.17, 15) is 0 Å². The van der Waals surface area contributed by atoms with Gasteiger partial charge < -0.3 is 8.83 Å². The molecule has 0 unspecified atom stereocenters. The van der Waals surface area contributed by atoms with Crippen LogP contribution >= 0.6 is 0 Å².